The van der Waals surface area contributed by atoms with Gasteiger partial charge in [0, 0.05) is 24.7 Å². The molecule has 2 heteroatoms. The highest BCUT2D eigenvalue weighted by Crippen LogP contribution is 2.19. The second kappa shape index (κ2) is 6.75. The lowest BCUT2D eigenvalue weighted by Gasteiger charge is -2.38. The van der Waals surface area contributed by atoms with E-state index in [-0.39, 0.29) is 5.54 Å². The Balaban J connectivity index is 2.46. The summed E-state index contributed by atoms with van der Waals surface area (Å²) in [5.74, 6) is 0.887. The number of nitrogens with one attached hydrogen (secondary N) is 1. The zero-order valence-electron chi connectivity index (χ0n) is 12.6. The Labute approximate surface area is 108 Å². The average molecular weight is 240 g/mol. The van der Waals surface area contributed by atoms with Gasteiger partial charge in [-0.2, -0.15) is 0 Å². The zero-order chi connectivity index (χ0) is 12.9. The fourth-order valence-corrected chi connectivity index (χ4v) is 2.73. The third kappa shape index (κ3) is 5.87. The minimum atomic E-state index is 0.243. The van der Waals surface area contributed by atoms with Gasteiger partial charge in [-0.3, -0.25) is 4.90 Å². The van der Waals surface area contributed by atoms with Crippen LogP contribution in [0.1, 0.15) is 60.3 Å². The van der Waals surface area contributed by atoms with Gasteiger partial charge in [0.15, 0.2) is 0 Å². The van der Waals surface area contributed by atoms with Crippen molar-refractivity contribution in [3.05, 3.63) is 0 Å². The summed E-state index contributed by atoms with van der Waals surface area (Å²) in [5, 5.41) is 3.68. The molecule has 2 unspecified atom stereocenters. The predicted molar refractivity (Wildman–Crippen MR) is 76.4 cm³/mol. The van der Waals surface area contributed by atoms with Gasteiger partial charge in [-0.25, -0.2) is 0 Å². The molecule has 17 heavy (non-hydrogen) atoms. The monoisotopic (exact) mass is 240 g/mol. The highest BCUT2D eigenvalue weighted by molar-refractivity contribution is 4.82. The van der Waals surface area contributed by atoms with Crippen LogP contribution in [0.5, 0.6) is 0 Å². The van der Waals surface area contributed by atoms with Gasteiger partial charge in [-0.15, -0.1) is 0 Å². The zero-order valence-corrected chi connectivity index (χ0v) is 12.6. The van der Waals surface area contributed by atoms with E-state index in [9.17, 15) is 0 Å². The second-order valence-corrected chi connectivity index (χ2v) is 6.82. The van der Waals surface area contributed by atoms with Crippen LogP contribution in [-0.4, -0.2) is 36.1 Å². The Hall–Kier alpha value is -0.0800. The van der Waals surface area contributed by atoms with Crippen LogP contribution < -0.4 is 5.32 Å². The van der Waals surface area contributed by atoms with Crippen molar-refractivity contribution < 1.29 is 0 Å². The molecule has 0 radical (unpaired) electrons. The molecule has 1 aliphatic rings. The van der Waals surface area contributed by atoms with E-state index in [1.165, 1.54) is 38.8 Å². The van der Waals surface area contributed by atoms with Gasteiger partial charge in [-0.1, -0.05) is 20.3 Å². The molecule has 0 aromatic heterocycles. The maximum atomic E-state index is 3.68. The Morgan fingerprint density at radius 1 is 1.35 bits per heavy atom. The van der Waals surface area contributed by atoms with Crippen LogP contribution in [0.2, 0.25) is 0 Å². The number of likely N-dealkylation sites (tertiary alicyclic amines) is 1. The summed E-state index contributed by atoms with van der Waals surface area (Å²) in [5.41, 5.74) is 0.243. The molecule has 0 aliphatic carbocycles. The van der Waals surface area contributed by atoms with E-state index in [0.29, 0.717) is 0 Å². The summed E-state index contributed by atoms with van der Waals surface area (Å²) in [6.45, 7) is 15.2. The molecular weight excluding hydrogens is 208 g/mol. The first-order chi connectivity index (χ1) is 7.92. The fraction of sp³-hybridized carbons (Fsp3) is 1.00. The Morgan fingerprint density at radius 2 is 2.06 bits per heavy atom. The summed E-state index contributed by atoms with van der Waals surface area (Å²) >= 11 is 0. The second-order valence-electron chi connectivity index (χ2n) is 6.82. The first-order valence-electron chi connectivity index (χ1n) is 7.41. The van der Waals surface area contributed by atoms with Crippen molar-refractivity contribution in [2.24, 2.45) is 5.92 Å². The molecule has 1 aliphatic heterocycles. The van der Waals surface area contributed by atoms with E-state index >= 15 is 0 Å². The maximum absolute atomic E-state index is 3.68. The minimum Gasteiger partial charge on any atom is -0.311 e. The SMILES string of the molecule is CCCC(CNC(C)(C)C)N1CCCC(C)C1. The first kappa shape index (κ1) is 15.0. The molecule has 1 fully saturated rings. The fourth-order valence-electron chi connectivity index (χ4n) is 2.73. The molecule has 1 N–H and O–H groups in total. The van der Waals surface area contributed by atoms with Crippen LogP contribution in [0.15, 0.2) is 0 Å². The van der Waals surface area contributed by atoms with E-state index in [4.69, 9.17) is 0 Å². The lowest BCUT2D eigenvalue weighted by Crippen LogP contribution is -2.50. The smallest absolute Gasteiger partial charge is 0.0220 e. The minimum absolute atomic E-state index is 0.243. The van der Waals surface area contributed by atoms with Crippen molar-refractivity contribution in [2.75, 3.05) is 19.6 Å². The molecule has 0 spiro atoms. The largest absolute Gasteiger partial charge is 0.311 e. The Kier molecular flexibility index (Phi) is 5.94. The molecule has 0 amide bonds. The Bertz CT molecular complexity index is 207. The highest BCUT2D eigenvalue weighted by Gasteiger charge is 2.24. The molecule has 0 saturated carbocycles. The van der Waals surface area contributed by atoms with Gasteiger partial charge in [0.05, 0.1) is 0 Å². The molecule has 0 bridgehead atoms. The van der Waals surface area contributed by atoms with Crippen molar-refractivity contribution in [3.63, 3.8) is 0 Å². The molecular formula is C15H32N2. The van der Waals surface area contributed by atoms with E-state index in [0.717, 1.165) is 18.5 Å². The van der Waals surface area contributed by atoms with Gasteiger partial charge in [-0.05, 0) is 52.5 Å². The molecule has 0 aromatic rings. The third-order valence-electron chi connectivity index (χ3n) is 3.69. The van der Waals surface area contributed by atoms with Crippen molar-refractivity contribution in [3.8, 4) is 0 Å². The van der Waals surface area contributed by atoms with Gasteiger partial charge >= 0.3 is 0 Å². The lowest BCUT2D eigenvalue weighted by atomic mass is 9.97. The van der Waals surface area contributed by atoms with Crippen LogP contribution in [-0.2, 0) is 0 Å². The molecule has 1 rings (SSSR count). The van der Waals surface area contributed by atoms with E-state index in [2.05, 4.69) is 44.8 Å². The number of piperidine rings is 1. The van der Waals surface area contributed by atoms with Crippen molar-refractivity contribution in [1.82, 2.24) is 10.2 Å². The van der Waals surface area contributed by atoms with Crippen LogP contribution in [0.25, 0.3) is 0 Å². The van der Waals surface area contributed by atoms with Crippen LogP contribution in [0.3, 0.4) is 0 Å². The quantitative estimate of drug-likeness (QED) is 0.793. The highest BCUT2D eigenvalue weighted by atomic mass is 15.2. The topological polar surface area (TPSA) is 15.3 Å². The van der Waals surface area contributed by atoms with E-state index in [1.807, 2.05) is 0 Å². The third-order valence-corrected chi connectivity index (χ3v) is 3.69. The van der Waals surface area contributed by atoms with Gasteiger partial charge < -0.3 is 5.32 Å². The molecule has 2 nitrogen and oxygen atoms in total. The Morgan fingerprint density at radius 3 is 2.59 bits per heavy atom. The van der Waals surface area contributed by atoms with Crippen molar-refractivity contribution in [2.45, 2.75) is 71.9 Å². The van der Waals surface area contributed by atoms with Crippen molar-refractivity contribution >= 4 is 0 Å². The van der Waals surface area contributed by atoms with Crippen molar-refractivity contribution in [1.29, 1.82) is 0 Å². The predicted octanol–water partition coefficient (Wildman–Crippen LogP) is 3.28. The summed E-state index contributed by atoms with van der Waals surface area (Å²) < 4.78 is 0. The number of hydrogen-bond donors (Lipinski definition) is 1. The van der Waals surface area contributed by atoms with E-state index < -0.39 is 0 Å². The molecule has 2 atom stereocenters. The lowest BCUT2D eigenvalue weighted by molar-refractivity contribution is 0.116. The summed E-state index contributed by atoms with van der Waals surface area (Å²) in [6, 6.07) is 0.738. The van der Waals surface area contributed by atoms with Gasteiger partial charge in [0.1, 0.15) is 0 Å². The van der Waals surface area contributed by atoms with Gasteiger partial charge in [0.25, 0.3) is 0 Å². The van der Waals surface area contributed by atoms with Crippen LogP contribution in [0, 0.1) is 5.92 Å². The summed E-state index contributed by atoms with van der Waals surface area (Å²) in [6.07, 6.45) is 5.43. The number of rotatable bonds is 5. The standard InChI is InChI=1S/C15H32N2/c1-6-8-14(11-16-15(3,4)5)17-10-7-9-13(2)12-17/h13-14,16H,6-12H2,1-5H3. The maximum Gasteiger partial charge on any atom is 0.0220 e. The number of hydrogen-bond acceptors (Lipinski definition) is 2. The number of nitrogens with zero attached hydrogens (tertiary/aromatic N) is 1. The first-order valence-corrected chi connectivity index (χ1v) is 7.41. The van der Waals surface area contributed by atoms with Crippen LogP contribution in [0.4, 0.5) is 0 Å². The summed E-state index contributed by atoms with van der Waals surface area (Å²) in [4.78, 5) is 2.72. The summed E-state index contributed by atoms with van der Waals surface area (Å²) in [7, 11) is 0. The van der Waals surface area contributed by atoms with Crippen LogP contribution >= 0.6 is 0 Å². The molecule has 1 saturated heterocycles. The van der Waals surface area contributed by atoms with E-state index in [1.54, 1.807) is 0 Å². The molecule has 1 heterocycles. The average Bonchev–Trinajstić information content (AvgIpc) is 2.23. The molecule has 102 valence electrons. The molecule has 0 aromatic carbocycles. The van der Waals surface area contributed by atoms with Gasteiger partial charge in [0.2, 0.25) is 0 Å². The normalized spacial score (nSPS) is 24.9.